The van der Waals surface area contributed by atoms with Gasteiger partial charge < -0.3 is 4.42 Å². The maximum absolute atomic E-state index is 12.4. The molecule has 0 fully saturated rings. The van der Waals surface area contributed by atoms with E-state index in [0.29, 0.717) is 16.8 Å². The molecule has 0 radical (unpaired) electrons. The first-order valence-electron chi connectivity index (χ1n) is 6.39. The number of benzene rings is 2. The van der Waals surface area contributed by atoms with E-state index in [-0.39, 0.29) is 4.90 Å². The van der Waals surface area contributed by atoms with E-state index in [1.54, 1.807) is 12.1 Å². The number of hydrogen-bond donors (Lipinski definition) is 1. The third-order valence-corrected chi connectivity index (χ3v) is 4.60. The number of oxazole rings is 1. The second-order valence-corrected chi connectivity index (χ2v) is 6.59. The molecule has 6 heteroatoms. The third-order valence-electron chi connectivity index (χ3n) is 3.24. The summed E-state index contributed by atoms with van der Waals surface area (Å²) in [4.78, 5) is 4.11. The van der Waals surface area contributed by atoms with Crippen LogP contribution in [-0.4, -0.2) is 13.4 Å². The van der Waals surface area contributed by atoms with Crippen LogP contribution in [0.25, 0.3) is 11.1 Å². The number of aryl methyl sites for hydroxylation is 2. The van der Waals surface area contributed by atoms with E-state index in [4.69, 9.17) is 4.42 Å². The van der Waals surface area contributed by atoms with Gasteiger partial charge in [0, 0.05) is 6.07 Å². The first-order valence-corrected chi connectivity index (χ1v) is 7.87. The second kappa shape index (κ2) is 4.89. The molecule has 2 aromatic carbocycles. The van der Waals surface area contributed by atoms with Gasteiger partial charge in [0.05, 0.1) is 10.6 Å². The van der Waals surface area contributed by atoms with Crippen LogP contribution in [0.15, 0.2) is 52.1 Å². The molecule has 0 amide bonds. The number of hydrogen-bond acceptors (Lipinski definition) is 4. The zero-order chi connectivity index (χ0) is 15.0. The largest absolute Gasteiger partial charge is 0.443 e. The fourth-order valence-electron chi connectivity index (χ4n) is 2.13. The lowest BCUT2D eigenvalue weighted by Gasteiger charge is -2.11. The highest BCUT2D eigenvalue weighted by molar-refractivity contribution is 7.92. The van der Waals surface area contributed by atoms with E-state index in [9.17, 15) is 8.42 Å². The highest BCUT2D eigenvalue weighted by Crippen LogP contribution is 2.23. The molecule has 0 atom stereocenters. The first kappa shape index (κ1) is 13.6. The molecule has 3 rings (SSSR count). The molecule has 0 aliphatic carbocycles. The van der Waals surface area contributed by atoms with Gasteiger partial charge in [-0.25, -0.2) is 13.4 Å². The minimum atomic E-state index is -3.66. The molecule has 108 valence electrons. The molecule has 3 aromatic rings. The summed E-state index contributed by atoms with van der Waals surface area (Å²) in [6, 6.07) is 10.2. The number of fused-ring (bicyclic) bond motifs is 1. The molecule has 0 unspecified atom stereocenters. The normalized spacial score (nSPS) is 11.7. The van der Waals surface area contributed by atoms with E-state index < -0.39 is 10.0 Å². The van der Waals surface area contributed by atoms with Crippen LogP contribution in [0, 0.1) is 13.8 Å². The van der Waals surface area contributed by atoms with Gasteiger partial charge >= 0.3 is 0 Å². The lowest BCUT2D eigenvalue weighted by molar-refractivity contribution is 0.594. The monoisotopic (exact) mass is 302 g/mol. The Balaban J connectivity index is 1.99. The van der Waals surface area contributed by atoms with Gasteiger partial charge in [0.25, 0.3) is 10.0 Å². The Morgan fingerprint density at radius 1 is 1.10 bits per heavy atom. The molecule has 0 saturated carbocycles. The molecule has 0 aliphatic heterocycles. The van der Waals surface area contributed by atoms with Gasteiger partial charge in [-0.05, 0) is 37.6 Å². The van der Waals surface area contributed by atoms with E-state index in [0.717, 1.165) is 11.1 Å². The second-order valence-electron chi connectivity index (χ2n) is 4.91. The predicted molar refractivity (Wildman–Crippen MR) is 80.7 cm³/mol. The quantitative estimate of drug-likeness (QED) is 0.806. The van der Waals surface area contributed by atoms with E-state index in [1.807, 2.05) is 26.0 Å². The van der Waals surface area contributed by atoms with E-state index >= 15 is 0 Å². The average Bonchev–Trinajstić information content (AvgIpc) is 2.89. The van der Waals surface area contributed by atoms with Crippen LogP contribution < -0.4 is 4.72 Å². The van der Waals surface area contributed by atoms with Crippen LogP contribution in [0.3, 0.4) is 0 Å². The minimum Gasteiger partial charge on any atom is -0.443 e. The van der Waals surface area contributed by atoms with Gasteiger partial charge in [0.2, 0.25) is 0 Å². The summed E-state index contributed by atoms with van der Waals surface area (Å²) < 4.78 is 32.6. The van der Waals surface area contributed by atoms with Crippen molar-refractivity contribution in [3.63, 3.8) is 0 Å². The standard InChI is InChI=1S/C15H14N2O3S/c1-10-3-5-13(11(2)7-10)17-21(18,19)12-4-6-14-15(8-12)20-9-16-14/h3-9,17H,1-2H3. The van der Waals surface area contributed by atoms with Crippen LogP contribution in [0.1, 0.15) is 11.1 Å². The van der Waals surface area contributed by atoms with E-state index in [2.05, 4.69) is 9.71 Å². The van der Waals surface area contributed by atoms with Gasteiger partial charge in [0.1, 0.15) is 5.52 Å². The number of aromatic nitrogens is 1. The van der Waals surface area contributed by atoms with Crippen molar-refractivity contribution < 1.29 is 12.8 Å². The van der Waals surface area contributed by atoms with Gasteiger partial charge in [-0.15, -0.1) is 0 Å². The maximum Gasteiger partial charge on any atom is 0.262 e. The van der Waals surface area contributed by atoms with Crippen LogP contribution in [0.4, 0.5) is 5.69 Å². The SMILES string of the molecule is Cc1ccc(NS(=O)(=O)c2ccc3ncoc3c2)c(C)c1. The minimum absolute atomic E-state index is 0.145. The van der Waals surface area contributed by atoms with Crippen LogP contribution in [0.5, 0.6) is 0 Å². The Hall–Kier alpha value is -2.34. The van der Waals surface area contributed by atoms with Crippen molar-refractivity contribution in [3.8, 4) is 0 Å². The molecule has 1 heterocycles. The van der Waals surface area contributed by atoms with Crippen LogP contribution >= 0.6 is 0 Å². The number of nitrogens with one attached hydrogen (secondary N) is 1. The fraction of sp³-hybridized carbons (Fsp3) is 0.133. The Labute approximate surface area is 122 Å². The molecular formula is C15H14N2O3S. The Morgan fingerprint density at radius 3 is 2.67 bits per heavy atom. The molecular weight excluding hydrogens is 288 g/mol. The Kier molecular flexibility index (Phi) is 3.17. The van der Waals surface area contributed by atoms with Gasteiger partial charge in [-0.2, -0.15) is 0 Å². The summed E-state index contributed by atoms with van der Waals surface area (Å²) >= 11 is 0. The summed E-state index contributed by atoms with van der Waals surface area (Å²) in [6.45, 7) is 3.83. The molecule has 5 nitrogen and oxygen atoms in total. The van der Waals surface area contributed by atoms with Crippen molar-refractivity contribution in [2.24, 2.45) is 0 Å². The van der Waals surface area contributed by atoms with Crippen molar-refractivity contribution in [2.75, 3.05) is 4.72 Å². The summed E-state index contributed by atoms with van der Waals surface area (Å²) in [7, 11) is -3.66. The number of rotatable bonds is 3. The smallest absolute Gasteiger partial charge is 0.262 e. The first-order chi connectivity index (χ1) is 9.95. The molecule has 1 aromatic heterocycles. The number of nitrogens with zero attached hydrogens (tertiary/aromatic N) is 1. The molecule has 0 aliphatic rings. The summed E-state index contributed by atoms with van der Waals surface area (Å²) in [5, 5.41) is 0. The Morgan fingerprint density at radius 2 is 1.90 bits per heavy atom. The van der Waals surface area contributed by atoms with Crippen molar-refractivity contribution in [1.82, 2.24) is 4.98 Å². The maximum atomic E-state index is 12.4. The average molecular weight is 302 g/mol. The highest BCUT2D eigenvalue weighted by Gasteiger charge is 2.16. The van der Waals surface area contributed by atoms with Crippen molar-refractivity contribution in [1.29, 1.82) is 0 Å². The van der Waals surface area contributed by atoms with E-state index in [1.165, 1.54) is 18.5 Å². The number of sulfonamides is 1. The topological polar surface area (TPSA) is 72.2 Å². The molecule has 0 bridgehead atoms. The van der Waals surface area contributed by atoms with Crippen molar-refractivity contribution in [3.05, 3.63) is 53.9 Å². The highest BCUT2D eigenvalue weighted by atomic mass is 32.2. The summed E-state index contributed by atoms with van der Waals surface area (Å²) in [6.07, 6.45) is 1.29. The molecule has 0 spiro atoms. The third kappa shape index (κ3) is 2.62. The summed E-state index contributed by atoms with van der Waals surface area (Å²) in [5.74, 6) is 0. The Bertz CT molecular complexity index is 914. The molecule has 0 saturated heterocycles. The predicted octanol–water partition coefficient (Wildman–Crippen LogP) is 3.25. The van der Waals surface area contributed by atoms with Crippen LogP contribution in [0.2, 0.25) is 0 Å². The van der Waals surface area contributed by atoms with Gasteiger partial charge in [0.15, 0.2) is 12.0 Å². The zero-order valence-corrected chi connectivity index (χ0v) is 12.4. The van der Waals surface area contributed by atoms with Crippen molar-refractivity contribution in [2.45, 2.75) is 18.7 Å². The summed E-state index contributed by atoms with van der Waals surface area (Å²) in [5.41, 5.74) is 3.59. The molecule has 1 N–H and O–H groups in total. The zero-order valence-electron chi connectivity index (χ0n) is 11.6. The van der Waals surface area contributed by atoms with Crippen molar-refractivity contribution >= 4 is 26.8 Å². The van der Waals surface area contributed by atoms with Gasteiger partial charge in [-0.3, -0.25) is 4.72 Å². The lowest BCUT2D eigenvalue weighted by Crippen LogP contribution is -2.13. The number of anilines is 1. The molecule has 21 heavy (non-hydrogen) atoms. The van der Waals surface area contributed by atoms with Crippen LogP contribution in [-0.2, 0) is 10.0 Å². The lowest BCUT2D eigenvalue weighted by atomic mass is 10.1. The van der Waals surface area contributed by atoms with Gasteiger partial charge in [-0.1, -0.05) is 17.7 Å². The fourth-order valence-corrected chi connectivity index (χ4v) is 3.28.